The number of para-hydroxylation sites is 2. The molecule has 1 aliphatic rings. The average molecular weight is 477 g/mol. The summed E-state index contributed by atoms with van der Waals surface area (Å²) in [5.41, 5.74) is 2.98. The summed E-state index contributed by atoms with van der Waals surface area (Å²) in [6.07, 6.45) is 0. The zero-order valence-corrected chi connectivity index (χ0v) is 19.2. The molecule has 6 rings (SSSR count). The van der Waals surface area contributed by atoms with Gasteiger partial charge in [-0.1, -0.05) is 36.4 Å². The first-order valence-corrected chi connectivity index (χ1v) is 11.4. The number of carbonyl (C=O) groups is 3. The minimum atomic E-state index is -0.485. The number of anilines is 1. The van der Waals surface area contributed by atoms with E-state index in [0.29, 0.717) is 33.6 Å². The number of fused-ring (bicyclic) bond motifs is 5. The molecule has 0 unspecified atom stereocenters. The first kappa shape index (κ1) is 21.6. The summed E-state index contributed by atoms with van der Waals surface area (Å²) in [7, 11) is 0. The van der Waals surface area contributed by atoms with Gasteiger partial charge < -0.3 is 13.6 Å². The Morgan fingerprint density at radius 2 is 1.22 bits per heavy atom. The summed E-state index contributed by atoms with van der Waals surface area (Å²) < 4.78 is 17.4. The summed E-state index contributed by atoms with van der Waals surface area (Å²) in [5, 5.41) is 1.70. The third kappa shape index (κ3) is 3.41. The van der Waals surface area contributed by atoms with Crippen LogP contribution in [0.2, 0.25) is 0 Å². The van der Waals surface area contributed by atoms with Crippen molar-refractivity contribution < 1.29 is 28.0 Å². The Bertz CT molecular complexity index is 1660. The molecule has 7 nitrogen and oxygen atoms in total. The fourth-order valence-electron chi connectivity index (χ4n) is 4.40. The van der Waals surface area contributed by atoms with Gasteiger partial charge in [0, 0.05) is 10.8 Å². The van der Waals surface area contributed by atoms with Gasteiger partial charge in [-0.3, -0.25) is 9.59 Å². The Morgan fingerprint density at radius 3 is 1.72 bits per heavy atom. The normalized spacial score (nSPS) is 12.9. The monoisotopic (exact) mass is 477 g/mol. The van der Waals surface area contributed by atoms with Crippen molar-refractivity contribution in [2.24, 2.45) is 0 Å². The largest absolute Gasteiger partial charge is 0.462 e. The maximum Gasteiger partial charge on any atom is 0.338 e. The predicted molar refractivity (Wildman–Crippen MR) is 135 cm³/mol. The van der Waals surface area contributed by atoms with Crippen LogP contribution in [0.3, 0.4) is 0 Å². The highest BCUT2D eigenvalue weighted by Gasteiger charge is 2.37. The van der Waals surface area contributed by atoms with E-state index in [1.165, 1.54) is 12.1 Å². The van der Waals surface area contributed by atoms with E-state index in [0.717, 1.165) is 15.7 Å². The molecule has 0 atom stereocenters. The second-order valence-electron chi connectivity index (χ2n) is 8.25. The number of carbonyl (C=O) groups excluding carboxylic acids is 3. The Hall–Kier alpha value is -4.91. The molecule has 36 heavy (non-hydrogen) atoms. The predicted octanol–water partition coefficient (Wildman–Crippen LogP) is 6.43. The van der Waals surface area contributed by atoms with Gasteiger partial charge in [-0.05, 0) is 55.5 Å². The van der Waals surface area contributed by atoms with Crippen LogP contribution in [0.1, 0.15) is 38.0 Å². The third-order valence-electron chi connectivity index (χ3n) is 6.09. The number of nitrogens with zero attached hydrogens (tertiary/aromatic N) is 1. The van der Waals surface area contributed by atoms with Crippen molar-refractivity contribution in [2.45, 2.75) is 6.92 Å². The zero-order valence-electron chi connectivity index (χ0n) is 19.2. The summed E-state index contributed by atoms with van der Waals surface area (Å²) in [6.45, 7) is 1.97. The van der Waals surface area contributed by atoms with E-state index in [-0.39, 0.29) is 17.7 Å². The number of hydrogen-bond donors (Lipinski definition) is 0. The van der Waals surface area contributed by atoms with E-state index in [4.69, 9.17) is 13.6 Å². The van der Waals surface area contributed by atoms with Crippen molar-refractivity contribution >= 4 is 56.6 Å². The minimum Gasteiger partial charge on any atom is -0.462 e. The summed E-state index contributed by atoms with van der Waals surface area (Å²) >= 11 is 0. The van der Waals surface area contributed by atoms with Crippen molar-refractivity contribution in [2.75, 3.05) is 11.5 Å². The van der Waals surface area contributed by atoms with E-state index in [1.807, 2.05) is 48.5 Å². The van der Waals surface area contributed by atoms with Crippen LogP contribution in [0, 0.1) is 0 Å². The number of imide groups is 1. The Labute approximate surface area is 204 Å². The van der Waals surface area contributed by atoms with E-state index < -0.39 is 17.8 Å². The van der Waals surface area contributed by atoms with Crippen LogP contribution >= 0.6 is 0 Å². The quantitative estimate of drug-likeness (QED) is 0.220. The Balaban J connectivity index is 1.52. The molecule has 2 heterocycles. The highest BCUT2D eigenvalue weighted by molar-refractivity contribution is 6.35. The molecule has 0 spiro atoms. The van der Waals surface area contributed by atoms with Gasteiger partial charge >= 0.3 is 5.97 Å². The molecule has 0 fully saturated rings. The molecule has 5 aromatic rings. The number of benzene rings is 4. The molecular weight excluding hydrogens is 458 g/mol. The second kappa shape index (κ2) is 8.39. The number of amides is 2. The van der Waals surface area contributed by atoms with Crippen LogP contribution in [-0.4, -0.2) is 24.4 Å². The number of rotatable bonds is 3. The van der Waals surface area contributed by atoms with Gasteiger partial charge in [0.05, 0.1) is 29.0 Å². The fourth-order valence-corrected chi connectivity index (χ4v) is 4.40. The van der Waals surface area contributed by atoms with Crippen LogP contribution in [0.25, 0.3) is 33.1 Å². The maximum absolute atomic E-state index is 13.3. The molecule has 0 saturated heterocycles. The number of hydrogen-bond acceptors (Lipinski definition) is 6. The maximum atomic E-state index is 13.3. The van der Waals surface area contributed by atoms with Gasteiger partial charge in [0.25, 0.3) is 11.8 Å². The molecule has 0 saturated carbocycles. The second-order valence-corrected chi connectivity index (χ2v) is 8.25. The van der Waals surface area contributed by atoms with Gasteiger partial charge in [-0.25, -0.2) is 9.69 Å². The molecule has 2 amide bonds. The van der Waals surface area contributed by atoms with Crippen molar-refractivity contribution in [1.82, 2.24) is 0 Å². The SMILES string of the molecule is CCOC(=O)c1ccc(N2C(=O)c3cc4oc5ccccc5c5ccccc5oc4cc3C2=O)cc1. The van der Waals surface area contributed by atoms with Crippen molar-refractivity contribution in [3.8, 4) is 0 Å². The van der Waals surface area contributed by atoms with E-state index >= 15 is 0 Å². The minimum absolute atomic E-state index is 0.211. The molecule has 0 N–H and O–H groups in total. The standard InChI is InChI=1S/C29H19NO6/c1-2-34-29(33)17-11-13-18(14-12-17)30-27(31)21-15-25-26(16-22(21)28(30)32)36-24-10-6-4-8-20(24)19-7-3-5-9-23(19)35-25/h3-16H,2H2,1H3. The van der Waals surface area contributed by atoms with Gasteiger partial charge in [0.2, 0.25) is 0 Å². The summed E-state index contributed by atoms with van der Waals surface area (Å²) in [6, 6.07) is 24.4. The van der Waals surface area contributed by atoms with E-state index in [1.54, 1.807) is 31.2 Å². The molecule has 0 bridgehead atoms. The molecule has 176 valence electrons. The van der Waals surface area contributed by atoms with Crippen LogP contribution in [0.4, 0.5) is 5.69 Å². The van der Waals surface area contributed by atoms with Crippen LogP contribution in [0.5, 0.6) is 0 Å². The van der Waals surface area contributed by atoms with Gasteiger partial charge in [0.15, 0.2) is 11.2 Å². The Kier molecular flexibility index (Phi) is 5.04. The smallest absolute Gasteiger partial charge is 0.338 e. The topological polar surface area (TPSA) is 90.0 Å². The van der Waals surface area contributed by atoms with Crippen molar-refractivity contribution in [3.63, 3.8) is 0 Å². The molecule has 0 aliphatic carbocycles. The van der Waals surface area contributed by atoms with Gasteiger partial charge in [-0.2, -0.15) is 0 Å². The first-order chi connectivity index (χ1) is 17.5. The van der Waals surface area contributed by atoms with Crippen LogP contribution < -0.4 is 4.90 Å². The average Bonchev–Trinajstić information content (AvgIpc) is 3.13. The highest BCUT2D eigenvalue weighted by atomic mass is 16.5. The zero-order chi connectivity index (χ0) is 24.8. The summed E-state index contributed by atoms with van der Waals surface area (Å²) in [5.74, 6) is -1.44. The lowest BCUT2D eigenvalue weighted by molar-refractivity contribution is 0.0526. The lowest BCUT2D eigenvalue weighted by atomic mass is 10.1. The molecule has 0 radical (unpaired) electrons. The van der Waals surface area contributed by atoms with Crippen LogP contribution in [-0.2, 0) is 4.74 Å². The molecule has 4 aromatic carbocycles. The number of esters is 1. The fraction of sp³-hybridized carbons (Fsp3) is 0.0690. The van der Waals surface area contributed by atoms with Gasteiger partial charge in [-0.15, -0.1) is 0 Å². The van der Waals surface area contributed by atoms with Crippen LogP contribution in [0.15, 0.2) is 93.8 Å². The number of ether oxygens (including phenoxy) is 1. The van der Waals surface area contributed by atoms with Gasteiger partial charge in [0.1, 0.15) is 11.2 Å². The van der Waals surface area contributed by atoms with Crippen molar-refractivity contribution in [3.05, 3.63) is 102 Å². The molecule has 1 aromatic heterocycles. The third-order valence-corrected chi connectivity index (χ3v) is 6.09. The molecule has 7 heteroatoms. The molecular formula is C29H19NO6. The van der Waals surface area contributed by atoms with E-state index in [2.05, 4.69) is 0 Å². The highest BCUT2D eigenvalue weighted by Crippen LogP contribution is 2.33. The van der Waals surface area contributed by atoms with Crippen molar-refractivity contribution in [1.29, 1.82) is 0 Å². The first-order valence-electron chi connectivity index (χ1n) is 11.4. The van der Waals surface area contributed by atoms with E-state index in [9.17, 15) is 14.4 Å². The molecule has 1 aliphatic heterocycles. The lowest BCUT2D eigenvalue weighted by Gasteiger charge is -2.14. The lowest BCUT2D eigenvalue weighted by Crippen LogP contribution is -2.29. The summed E-state index contributed by atoms with van der Waals surface area (Å²) in [4.78, 5) is 39.7. The Morgan fingerprint density at radius 1 is 0.722 bits per heavy atom.